The highest BCUT2D eigenvalue weighted by Crippen LogP contribution is 2.58. The number of rotatable bonds is 0. The summed E-state index contributed by atoms with van der Waals surface area (Å²) in [6, 6.07) is 0. The fourth-order valence-corrected chi connectivity index (χ4v) is 4.08. The first-order valence-corrected chi connectivity index (χ1v) is 6.86. The Bertz CT molecular complexity index is 492. The molecule has 1 saturated carbocycles. The van der Waals surface area contributed by atoms with Crippen LogP contribution in [0, 0.1) is 17.3 Å². The SMILES string of the molecule is C=C1[C@@H](C)CC[C@]2(C)C3=C(C(=O)O[C@H]3O)[C@H](O)C[C@@H]12. The molecule has 0 aromatic carbocycles. The van der Waals surface area contributed by atoms with Crippen LogP contribution in [0.15, 0.2) is 23.3 Å². The van der Waals surface area contributed by atoms with E-state index in [9.17, 15) is 15.0 Å². The summed E-state index contributed by atoms with van der Waals surface area (Å²) in [5.74, 6) is -0.0457. The fraction of sp³-hybridized carbons (Fsp3) is 0.667. The van der Waals surface area contributed by atoms with E-state index in [1.807, 2.05) is 0 Å². The molecular formula is C15H20O4. The number of allylic oxidation sites excluding steroid dienone is 1. The van der Waals surface area contributed by atoms with Crippen molar-refractivity contribution in [1.82, 2.24) is 0 Å². The number of fused-ring (bicyclic) bond motifs is 2. The minimum Gasteiger partial charge on any atom is -0.428 e. The normalized spacial score (nSPS) is 45.9. The summed E-state index contributed by atoms with van der Waals surface area (Å²) in [5, 5.41) is 20.2. The minimum atomic E-state index is -1.20. The van der Waals surface area contributed by atoms with Crippen LogP contribution in [-0.4, -0.2) is 28.6 Å². The van der Waals surface area contributed by atoms with E-state index in [4.69, 9.17) is 4.74 Å². The Kier molecular flexibility index (Phi) is 2.67. The van der Waals surface area contributed by atoms with E-state index in [1.165, 1.54) is 0 Å². The molecule has 0 spiro atoms. The molecule has 2 N–H and O–H groups in total. The zero-order valence-electron chi connectivity index (χ0n) is 11.3. The smallest absolute Gasteiger partial charge is 0.339 e. The lowest BCUT2D eigenvalue weighted by atomic mass is 9.54. The number of carbonyl (C=O) groups excluding carboxylic acids is 1. The van der Waals surface area contributed by atoms with E-state index in [0.29, 0.717) is 17.9 Å². The molecule has 0 unspecified atom stereocenters. The highest BCUT2D eigenvalue weighted by atomic mass is 16.6. The predicted octanol–water partition coefficient (Wildman–Crippen LogP) is 1.53. The number of carbonyl (C=O) groups is 1. The van der Waals surface area contributed by atoms with Gasteiger partial charge in [0.1, 0.15) is 0 Å². The molecule has 104 valence electrons. The summed E-state index contributed by atoms with van der Waals surface area (Å²) in [6.45, 7) is 8.38. The van der Waals surface area contributed by atoms with Crippen molar-refractivity contribution in [2.24, 2.45) is 17.3 Å². The first-order valence-electron chi connectivity index (χ1n) is 6.86. The lowest BCUT2D eigenvalue weighted by Gasteiger charge is -2.50. The van der Waals surface area contributed by atoms with E-state index in [0.717, 1.165) is 18.4 Å². The first-order chi connectivity index (χ1) is 8.86. The van der Waals surface area contributed by atoms with Crippen molar-refractivity contribution >= 4 is 5.97 Å². The van der Waals surface area contributed by atoms with Gasteiger partial charge in [0, 0.05) is 11.0 Å². The molecule has 1 aliphatic heterocycles. The molecule has 4 heteroatoms. The van der Waals surface area contributed by atoms with Gasteiger partial charge in [-0.05, 0) is 31.1 Å². The lowest BCUT2D eigenvalue weighted by Crippen LogP contribution is -2.45. The fourth-order valence-electron chi connectivity index (χ4n) is 4.08. The van der Waals surface area contributed by atoms with E-state index < -0.39 is 18.4 Å². The van der Waals surface area contributed by atoms with E-state index >= 15 is 0 Å². The van der Waals surface area contributed by atoms with Gasteiger partial charge in [-0.25, -0.2) is 4.79 Å². The second-order valence-corrected chi connectivity index (χ2v) is 6.32. The van der Waals surface area contributed by atoms with Crippen LogP contribution in [0.25, 0.3) is 0 Å². The molecule has 3 rings (SSSR count). The Labute approximate surface area is 112 Å². The number of esters is 1. The van der Waals surface area contributed by atoms with Gasteiger partial charge in [0.25, 0.3) is 0 Å². The number of hydrogen-bond donors (Lipinski definition) is 2. The maximum atomic E-state index is 11.8. The minimum absolute atomic E-state index is 0.106. The average molecular weight is 264 g/mol. The van der Waals surface area contributed by atoms with Crippen molar-refractivity contribution in [1.29, 1.82) is 0 Å². The third-order valence-electron chi connectivity index (χ3n) is 5.33. The van der Waals surface area contributed by atoms with Crippen LogP contribution in [0.5, 0.6) is 0 Å². The Morgan fingerprint density at radius 2 is 2.11 bits per heavy atom. The summed E-state index contributed by atoms with van der Waals surface area (Å²) >= 11 is 0. The molecule has 3 aliphatic rings. The Morgan fingerprint density at radius 3 is 2.79 bits per heavy atom. The molecule has 0 aromatic rings. The van der Waals surface area contributed by atoms with Crippen LogP contribution >= 0.6 is 0 Å². The van der Waals surface area contributed by atoms with Crippen LogP contribution < -0.4 is 0 Å². The Balaban J connectivity index is 2.13. The summed E-state index contributed by atoms with van der Waals surface area (Å²) in [5.41, 5.74) is 1.68. The number of aliphatic hydroxyl groups is 2. The maximum Gasteiger partial charge on any atom is 0.339 e. The van der Waals surface area contributed by atoms with Crippen molar-refractivity contribution in [3.63, 3.8) is 0 Å². The molecular weight excluding hydrogens is 244 g/mol. The predicted molar refractivity (Wildman–Crippen MR) is 68.9 cm³/mol. The second kappa shape index (κ2) is 3.93. The van der Waals surface area contributed by atoms with Gasteiger partial charge in [0.15, 0.2) is 0 Å². The summed E-state index contributed by atoms with van der Waals surface area (Å²) in [6.07, 6.45) is 0.322. The third kappa shape index (κ3) is 1.56. The lowest BCUT2D eigenvalue weighted by molar-refractivity contribution is -0.153. The maximum absolute atomic E-state index is 11.8. The summed E-state index contributed by atoms with van der Waals surface area (Å²) in [7, 11) is 0. The topological polar surface area (TPSA) is 66.8 Å². The molecule has 0 bridgehead atoms. The molecule has 0 radical (unpaired) electrons. The van der Waals surface area contributed by atoms with Crippen LogP contribution in [-0.2, 0) is 9.53 Å². The largest absolute Gasteiger partial charge is 0.428 e. The molecule has 1 fully saturated rings. The molecule has 19 heavy (non-hydrogen) atoms. The van der Waals surface area contributed by atoms with Crippen LogP contribution in [0.4, 0.5) is 0 Å². The molecule has 2 aliphatic carbocycles. The van der Waals surface area contributed by atoms with Gasteiger partial charge in [-0.2, -0.15) is 0 Å². The van der Waals surface area contributed by atoms with Crippen molar-refractivity contribution in [3.8, 4) is 0 Å². The number of hydrogen-bond acceptors (Lipinski definition) is 4. The monoisotopic (exact) mass is 264 g/mol. The molecule has 0 saturated heterocycles. The molecule has 0 amide bonds. The number of aliphatic hydroxyl groups excluding tert-OH is 2. The Morgan fingerprint density at radius 1 is 1.42 bits per heavy atom. The molecule has 0 aromatic heterocycles. The average Bonchev–Trinajstić information content (AvgIpc) is 2.65. The van der Waals surface area contributed by atoms with E-state index in [2.05, 4.69) is 20.4 Å². The van der Waals surface area contributed by atoms with Gasteiger partial charge in [-0.3, -0.25) is 0 Å². The molecule has 4 nitrogen and oxygen atoms in total. The van der Waals surface area contributed by atoms with Crippen LogP contribution in [0.1, 0.15) is 33.1 Å². The first kappa shape index (κ1) is 12.9. The zero-order chi connectivity index (χ0) is 13.9. The van der Waals surface area contributed by atoms with E-state index in [-0.39, 0.29) is 16.9 Å². The van der Waals surface area contributed by atoms with Crippen molar-refractivity contribution in [3.05, 3.63) is 23.3 Å². The highest BCUT2D eigenvalue weighted by Gasteiger charge is 2.55. The van der Waals surface area contributed by atoms with Gasteiger partial charge in [0.05, 0.1) is 11.7 Å². The van der Waals surface area contributed by atoms with Gasteiger partial charge >= 0.3 is 5.97 Å². The highest BCUT2D eigenvalue weighted by molar-refractivity contribution is 5.94. The summed E-state index contributed by atoms with van der Waals surface area (Å²) in [4.78, 5) is 11.8. The van der Waals surface area contributed by atoms with Crippen molar-refractivity contribution in [2.75, 3.05) is 0 Å². The third-order valence-corrected chi connectivity index (χ3v) is 5.33. The number of cyclic esters (lactones) is 1. The number of ether oxygens (including phenoxy) is 1. The Hall–Kier alpha value is -1.13. The molecule has 5 atom stereocenters. The second-order valence-electron chi connectivity index (χ2n) is 6.32. The van der Waals surface area contributed by atoms with Crippen molar-refractivity contribution < 1.29 is 19.7 Å². The van der Waals surface area contributed by atoms with E-state index in [1.54, 1.807) is 0 Å². The van der Waals surface area contributed by atoms with Gasteiger partial charge in [0.2, 0.25) is 6.29 Å². The summed E-state index contributed by atoms with van der Waals surface area (Å²) < 4.78 is 4.91. The standard InChI is InChI=1S/C15H20O4/c1-7-4-5-15(3)9(8(7)2)6-10(16)11-12(15)14(18)19-13(11)17/h7,9-10,14,16,18H,2,4-6H2,1,3H3/t7-,9-,10+,14+,15-/m0/s1. The quantitative estimate of drug-likeness (QED) is 0.514. The van der Waals surface area contributed by atoms with Crippen molar-refractivity contribution in [2.45, 2.75) is 45.5 Å². The van der Waals surface area contributed by atoms with Gasteiger partial charge < -0.3 is 14.9 Å². The van der Waals surface area contributed by atoms with Crippen LogP contribution in [0.3, 0.4) is 0 Å². The zero-order valence-corrected chi connectivity index (χ0v) is 11.3. The molecule has 1 heterocycles. The van der Waals surface area contributed by atoms with Gasteiger partial charge in [-0.15, -0.1) is 0 Å². The van der Waals surface area contributed by atoms with Crippen LogP contribution in [0.2, 0.25) is 0 Å². The van der Waals surface area contributed by atoms with Gasteiger partial charge in [-0.1, -0.05) is 26.0 Å².